The van der Waals surface area contributed by atoms with Gasteiger partial charge in [0.15, 0.2) is 11.5 Å². The summed E-state index contributed by atoms with van der Waals surface area (Å²) in [5.41, 5.74) is 3.29. The molecule has 0 unspecified atom stereocenters. The fourth-order valence-corrected chi connectivity index (χ4v) is 3.34. The van der Waals surface area contributed by atoms with Crippen LogP contribution in [0.3, 0.4) is 0 Å². The van der Waals surface area contributed by atoms with Crippen molar-refractivity contribution >= 4 is 11.6 Å². The molecule has 35 heavy (non-hydrogen) atoms. The van der Waals surface area contributed by atoms with E-state index in [0.717, 1.165) is 16.8 Å². The highest BCUT2D eigenvalue weighted by Crippen LogP contribution is 2.30. The molecule has 182 valence electrons. The summed E-state index contributed by atoms with van der Waals surface area (Å²) >= 11 is 0. The fraction of sp³-hybridized carbons (Fsp3) is 0.308. The lowest BCUT2D eigenvalue weighted by Gasteiger charge is -2.12. The average Bonchev–Trinajstić information content (AvgIpc) is 3.45. The maximum Gasteiger partial charge on any atom is 0.255 e. The van der Waals surface area contributed by atoms with Gasteiger partial charge in [0, 0.05) is 22.2 Å². The van der Waals surface area contributed by atoms with E-state index in [1.165, 1.54) is 7.11 Å². The second-order valence-corrected chi connectivity index (χ2v) is 9.16. The number of methoxy groups -OCH3 is 1. The summed E-state index contributed by atoms with van der Waals surface area (Å²) in [6, 6.07) is 12.3. The topological polar surface area (TPSA) is 113 Å². The molecule has 0 saturated carbocycles. The average molecular weight is 477 g/mol. The molecule has 2 heterocycles. The van der Waals surface area contributed by atoms with Crippen LogP contribution in [0.4, 0.5) is 5.69 Å². The number of hydrogen-bond acceptors (Lipinski definition) is 8. The number of benzene rings is 2. The summed E-state index contributed by atoms with van der Waals surface area (Å²) in [7, 11) is 1.53. The molecule has 1 amide bonds. The quantitative estimate of drug-likeness (QED) is 0.373. The van der Waals surface area contributed by atoms with Crippen LogP contribution in [0, 0.1) is 13.8 Å². The molecule has 0 radical (unpaired) electrons. The molecule has 2 aromatic carbocycles. The van der Waals surface area contributed by atoms with E-state index < -0.39 is 0 Å². The van der Waals surface area contributed by atoms with Gasteiger partial charge in [0.05, 0.1) is 18.4 Å². The second kappa shape index (κ2) is 9.61. The Labute approximate surface area is 203 Å². The van der Waals surface area contributed by atoms with Crippen molar-refractivity contribution in [1.29, 1.82) is 0 Å². The van der Waals surface area contributed by atoms with Gasteiger partial charge in [-0.1, -0.05) is 31.1 Å². The highest BCUT2D eigenvalue weighted by Gasteiger charge is 2.22. The summed E-state index contributed by atoms with van der Waals surface area (Å²) in [6.07, 6.45) is 0. The number of carbonyl (C=O) groups excluding carboxylic acids is 1. The van der Waals surface area contributed by atoms with Gasteiger partial charge in [-0.3, -0.25) is 4.79 Å². The largest absolute Gasteiger partial charge is 0.493 e. The van der Waals surface area contributed by atoms with Gasteiger partial charge < -0.3 is 23.8 Å². The summed E-state index contributed by atoms with van der Waals surface area (Å²) in [5, 5.41) is 10.9. The molecule has 0 bridgehead atoms. The third-order valence-corrected chi connectivity index (χ3v) is 5.45. The molecule has 9 heteroatoms. The first-order chi connectivity index (χ1) is 16.7. The van der Waals surface area contributed by atoms with E-state index in [1.54, 1.807) is 30.3 Å². The summed E-state index contributed by atoms with van der Waals surface area (Å²) < 4.78 is 21.9. The highest BCUT2D eigenvalue weighted by atomic mass is 16.5. The third kappa shape index (κ3) is 5.34. The molecule has 0 fully saturated rings. The second-order valence-electron chi connectivity index (χ2n) is 9.16. The third-order valence-electron chi connectivity index (χ3n) is 5.45. The molecule has 4 rings (SSSR count). The molecular weight excluding hydrogens is 448 g/mol. The molecule has 0 spiro atoms. The Balaban J connectivity index is 1.43. The first-order valence-corrected chi connectivity index (χ1v) is 11.1. The standard InChI is InChI=1S/C26H28N4O5/c1-15-20(16(2)34-29-15)14-33-21-12-9-18(13-22(21)32-6)24(31)27-19-10-7-17(8-11-19)23-28-25(35-30-23)26(3,4)5/h7-13H,14H2,1-6H3,(H,27,31). The van der Waals surface area contributed by atoms with E-state index >= 15 is 0 Å². The highest BCUT2D eigenvalue weighted by molar-refractivity contribution is 6.04. The van der Waals surface area contributed by atoms with Crippen LogP contribution >= 0.6 is 0 Å². The van der Waals surface area contributed by atoms with Crippen LogP contribution in [0.5, 0.6) is 11.5 Å². The zero-order chi connectivity index (χ0) is 25.2. The van der Waals surface area contributed by atoms with Crippen LogP contribution in [0.1, 0.15) is 54.0 Å². The van der Waals surface area contributed by atoms with Crippen molar-refractivity contribution in [3.63, 3.8) is 0 Å². The van der Waals surface area contributed by atoms with Crippen molar-refractivity contribution in [3.8, 4) is 22.9 Å². The first kappa shape index (κ1) is 24.0. The Kier molecular flexibility index (Phi) is 6.59. The van der Waals surface area contributed by atoms with Gasteiger partial charge in [-0.05, 0) is 56.3 Å². The van der Waals surface area contributed by atoms with Crippen molar-refractivity contribution < 1.29 is 23.3 Å². The molecular formula is C26H28N4O5. The van der Waals surface area contributed by atoms with Crippen molar-refractivity contribution in [3.05, 3.63) is 70.9 Å². The lowest BCUT2D eigenvalue weighted by atomic mass is 9.97. The van der Waals surface area contributed by atoms with Crippen molar-refractivity contribution in [1.82, 2.24) is 15.3 Å². The Morgan fingerprint density at radius 3 is 2.34 bits per heavy atom. The molecule has 9 nitrogen and oxygen atoms in total. The van der Waals surface area contributed by atoms with Crippen LogP contribution in [-0.2, 0) is 12.0 Å². The van der Waals surface area contributed by atoms with E-state index in [9.17, 15) is 4.79 Å². The van der Waals surface area contributed by atoms with Gasteiger partial charge in [-0.25, -0.2) is 0 Å². The van der Waals surface area contributed by atoms with E-state index in [1.807, 2.05) is 46.8 Å². The van der Waals surface area contributed by atoms with Gasteiger partial charge in [-0.2, -0.15) is 4.98 Å². The smallest absolute Gasteiger partial charge is 0.255 e. The van der Waals surface area contributed by atoms with Crippen LogP contribution < -0.4 is 14.8 Å². The van der Waals surface area contributed by atoms with Crippen LogP contribution in [0.2, 0.25) is 0 Å². The zero-order valence-electron chi connectivity index (χ0n) is 20.6. The Morgan fingerprint density at radius 2 is 1.74 bits per heavy atom. The fourth-order valence-electron chi connectivity index (χ4n) is 3.34. The van der Waals surface area contributed by atoms with Gasteiger partial charge in [0.25, 0.3) is 5.91 Å². The Bertz CT molecular complexity index is 1310. The zero-order valence-corrected chi connectivity index (χ0v) is 20.6. The minimum Gasteiger partial charge on any atom is -0.493 e. The number of ether oxygens (including phenoxy) is 2. The number of aryl methyl sites for hydroxylation is 2. The number of aromatic nitrogens is 3. The van der Waals surface area contributed by atoms with Gasteiger partial charge >= 0.3 is 0 Å². The Morgan fingerprint density at radius 1 is 1.00 bits per heavy atom. The predicted molar refractivity (Wildman–Crippen MR) is 130 cm³/mol. The number of rotatable bonds is 7. The van der Waals surface area contributed by atoms with Crippen LogP contribution in [-0.4, -0.2) is 28.3 Å². The lowest BCUT2D eigenvalue weighted by Crippen LogP contribution is -2.12. The van der Waals surface area contributed by atoms with Gasteiger partial charge in [-0.15, -0.1) is 0 Å². The molecule has 4 aromatic rings. The van der Waals surface area contributed by atoms with E-state index in [2.05, 4.69) is 20.6 Å². The molecule has 0 aliphatic carbocycles. The van der Waals surface area contributed by atoms with Crippen molar-refractivity contribution in [2.24, 2.45) is 0 Å². The van der Waals surface area contributed by atoms with Crippen molar-refractivity contribution in [2.75, 3.05) is 12.4 Å². The molecule has 2 aromatic heterocycles. The molecule has 0 atom stereocenters. The lowest BCUT2D eigenvalue weighted by molar-refractivity contribution is 0.102. The number of nitrogens with zero attached hydrogens (tertiary/aromatic N) is 3. The molecule has 0 saturated heterocycles. The first-order valence-electron chi connectivity index (χ1n) is 11.1. The summed E-state index contributed by atoms with van der Waals surface area (Å²) in [6.45, 7) is 10.0. The number of hydrogen-bond donors (Lipinski definition) is 1. The number of anilines is 1. The maximum atomic E-state index is 12.8. The molecule has 1 N–H and O–H groups in total. The predicted octanol–water partition coefficient (Wildman–Crippen LogP) is 5.48. The minimum absolute atomic E-state index is 0.227. The van der Waals surface area contributed by atoms with Crippen molar-refractivity contribution in [2.45, 2.75) is 46.6 Å². The van der Waals surface area contributed by atoms with Crippen LogP contribution in [0.25, 0.3) is 11.4 Å². The maximum absolute atomic E-state index is 12.8. The monoisotopic (exact) mass is 476 g/mol. The SMILES string of the molecule is COc1cc(C(=O)Nc2ccc(-c3noc(C(C)(C)C)n3)cc2)ccc1OCc1c(C)noc1C. The number of carbonyl (C=O) groups is 1. The number of nitrogens with one attached hydrogen (secondary N) is 1. The van der Waals surface area contributed by atoms with E-state index in [-0.39, 0.29) is 17.9 Å². The molecule has 0 aliphatic heterocycles. The van der Waals surface area contributed by atoms with Crippen LogP contribution in [0.15, 0.2) is 51.5 Å². The normalized spacial score (nSPS) is 11.4. The van der Waals surface area contributed by atoms with Gasteiger partial charge in [0.2, 0.25) is 11.7 Å². The van der Waals surface area contributed by atoms with E-state index in [0.29, 0.717) is 40.2 Å². The Hall–Kier alpha value is -4.14. The van der Waals surface area contributed by atoms with E-state index in [4.69, 9.17) is 18.5 Å². The summed E-state index contributed by atoms with van der Waals surface area (Å²) in [5.74, 6) is 2.47. The molecule has 0 aliphatic rings. The van der Waals surface area contributed by atoms with Gasteiger partial charge in [0.1, 0.15) is 12.4 Å². The number of amides is 1. The minimum atomic E-state index is -0.275. The summed E-state index contributed by atoms with van der Waals surface area (Å²) in [4.78, 5) is 17.3.